The van der Waals surface area contributed by atoms with Crippen LogP contribution >= 0.6 is 0 Å². The van der Waals surface area contributed by atoms with Crippen LogP contribution in [-0.4, -0.2) is 7.25 Å². The van der Waals surface area contributed by atoms with Crippen LogP contribution < -0.4 is 15.8 Å². The number of para-hydroxylation sites is 1. The molecule has 2 rings (SSSR count). The summed E-state index contributed by atoms with van der Waals surface area (Å²) in [4.78, 5) is 0. The standard InChI is InChI=1S/C10H11N3.BF4/c1-13-9-5-3-2-4-8(9)6-7-10(13)12-11;2-1(3,4)5/h2-7H,11H2,1H3;/q;-1/p+1. The number of fused-ring (bicyclic) bond motifs is 1. The van der Waals surface area contributed by atoms with Crippen molar-refractivity contribution in [2.45, 2.75) is 0 Å². The molecule has 0 aliphatic carbocycles. The first kappa shape index (κ1) is 14.2. The van der Waals surface area contributed by atoms with Gasteiger partial charge in [0.1, 0.15) is 5.52 Å². The van der Waals surface area contributed by atoms with Crippen LogP contribution in [0.4, 0.5) is 23.1 Å². The van der Waals surface area contributed by atoms with E-state index in [1.165, 1.54) is 5.39 Å². The van der Waals surface area contributed by atoms with Crippen molar-refractivity contribution in [1.82, 2.24) is 0 Å². The van der Waals surface area contributed by atoms with Crippen LogP contribution in [0.25, 0.3) is 10.9 Å². The highest BCUT2D eigenvalue weighted by molar-refractivity contribution is 6.50. The van der Waals surface area contributed by atoms with Gasteiger partial charge in [-0.3, -0.25) is 0 Å². The van der Waals surface area contributed by atoms with Gasteiger partial charge in [-0.15, -0.1) is 0 Å². The highest BCUT2D eigenvalue weighted by Gasteiger charge is 2.20. The van der Waals surface area contributed by atoms with Crippen molar-refractivity contribution in [3.05, 3.63) is 36.4 Å². The van der Waals surface area contributed by atoms with Crippen LogP contribution in [0.5, 0.6) is 0 Å². The molecule has 0 aliphatic heterocycles. The minimum Gasteiger partial charge on any atom is -0.418 e. The molecule has 0 unspecified atom stereocenters. The van der Waals surface area contributed by atoms with E-state index in [0.29, 0.717) is 0 Å². The largest absolute Gasteiger partial charge is 0.673 e. The number of pyridine rings is 1. The van der Waals surface area contributed by atoms with Crippen molar-refractivity contribution < 1.29 is 21.8 Å². The lowest BCUT2D eigenvalue weighted by atomic mass is 10.2. The summed E-state index contributed by atoms with van der Waals surface area (Å²) in [6, 6.07) is 12.2. The van der Waals surface area contributed by atoms with Crippen LogP contribution in [0.3, 0.4) is 0 Å². The number of benzene rings is 1. The first-order valence-corrected chi connectivity index (χ1v) is 5.04. The minimum atomic E-state index is -6.00. The Bertz CT molecular complexity index is 524. The van der Waals surface area contributed by atoms with E-state index in [9.17, 15) is 17.3 Å². The molecule has 98 valence electrons. The van der Waals surface area contributed by atoms with Gasteiger partial charge in [-0.1, -0.05) is 18.2 Å². The van der Waals surface area contributed by atoms with Crippen molar-refractivity contribution in [1.29, 1.82) is 0 Å². The second kappa shape index (κ2) is 5.68. The lowest BCUT2D eigenvalue weighted by molar-refractivity contribution is -0.630. The van der Waals surface area contributed by atoms with Gasteiger partial charge in [0, 0.05) is 11.5 Å². The van der Waals surface area contributed by atoms with E-state index in [0.717, 1.165) is 11.3 Å². The third-order valence-corrected chi connectivity index (χ3v) is 2.23. The number of nitrogens with two attached hydrogens (primary N) is 1. The quantitative estimate of drug-likeness (QED) is 0.272. The Hall–Kier alpha value is -1.83. The molecule has 8 heteroatoms. The maximum Gasteiger partial charge on any atom is 0.673 e. The molecule has 0 radical (unpaired) electrons. The summed E-state index contributed by atoms with van der Waals surface area (Å²) in [5, 5.41) is 1.21. The molecule has 1 heterocycles. The maximum atomic E-state index is 9.75. The summed E-state index contributed by atoms with van der Waals surface area (Å²) in [5.41, 5.74) is 3.82. The van der Waals surface area contributed by atoms with Crippen LogP contribution in [-0.2, 0) is 7.05 Å². The van der Waals surface area contributed by atoms with Crippen LogP contribution in [0.2, 0.25) is 0 Å². The second-order valence-electron chi connectivity index (χ2n) is 3.48. The second-order valence-corrected chi connectivity index (χ2v) is 3.48. The average molecular weight is 261 g/mol. The van der Waals surface area contributed by atoms with E-state index in [4.69, 9.17) is 5.84 Å². The number of halogens is 4. The zero-order valence-corrected chi connectivity index (χ0v) is 9.58. The van der Waals surface area contributed by atoms with E-state index in [1.807, 2.05) is 35.9 Å². The number of aromatic nitrogens is 1. The van der Waals surface area contributed by atoms with Gasteiger partial charge in [-0.05, 0) is 12.1 Å². The van der Waals surface area contributed by atoms with Crippen molar-refractivity contribution in [3.8, 4) is 0 Å². The van der Waals surface area contributed by atoms with E-state index in [1.54, 1.807) is 0 Å². The predicted molar refractivity (Wildman–Crippen MR) is 63.1 cm³/mol. The Labute approximate surface area is 101 Å². The topological polar surface area (TPSA) is 41.9 Å². The average Bonchev–Trinajstić information content (AvgIpc) is 2.28. The molecule has 0 saturated heterocycles. The highest BCUT2D eigenvalue weighted by atomic mass is 19.5. The monoisotopic (exact) mass is 261 g/mol. The van der Waals surface area contributed by atoms with E-state index in [2.05, 4.69) is 17.6 Å². The van der Waals surface area contributed by atoms with E-state index < -0.39 is 7.25 Å². The molecule has 0 bridgehead atoms. The molecule has 18 heavy (non-hydrogen) atoms. The van der Waals surface area contributed by atoms with Gasteiger partial charge in [0.05, 0.1) is 7.05 Å². The van der Waals surface area contributed by atoms with Crippen molar-refractivity contribution in [3.63, 3.8) is 0 Å². The normalized spacial score (nSPS) is 10.8. The van der Waals surface area contributed by atoms with Crippen LogP contribution in [0.1, 0.15) is 0 Å². The zero-order chi connectivity index (χ0) is 13.8. The fraction of sp³-hybridized carbons (Fsp3) is 0.100. The molecule has 0 saturated carbocycles. The lowest BCUT2D eigenvalue weighted by Gasteiger charge is -2.02. The Balaban J connectivity index is 0.000000280. The molecular formula is C10H12BF4N3. The molecule has 1 aromatic heterocycles. The first-order valence-electron chi connectivity index (χ1n) is 5.04. The summed E-state index contributed by atoms with van der Waals surface area (Å²) in [5.74, 6) is 6.27. The molecular weight excluding hydrogens is 249 g/mol. The number of rotatable bonds is 1. The molecule has 3 N–H and O–H groups in total. The number of nitrogens with one attached hydrogen (secondary N) is 1. The van der Waals surface area contributed by atoms with Crippen molar-refractivity contribution in [2.24, 2.45) is 12.9 Å². The van der Waals surface area contributed by atoms with Crippen molar-refractivity contribution in [2.75, 3.05) is 5.43 Å². The van der Waals surface area contributed by atoms with Gasteiger partial charge in [0.15, 0.2) is 0 Å². The SMILES string of the molecule is C[n+]1c(NN)ccc2ccccc21.F[B-](F)(F)F. The lowest BCUT2D eigenvalue weighted by Crippen LogP contribution is -2.35. The summed E-state index contributed by atoms with van der Waals surface area (Å²) >= 11 is 0. The van der Waals surface area contributed by atoms with Gasteiger partial charge in [-0.25, -0.2) is 4.57 Å². The highest BCUT2D eigenvalue weighted by Crippen LogP contribution is 2.11. The Morgan fingerprint density at radius 1 is 1.06 bits per heavy atom. The number of nitrogen functional groups attached to an aromatic ring is 1. The zero-order valence-electron chi connectivity index (χ0n) is 9.58. The third-order valence-electron chi connectivity index (χ3n) is 2.23. The number of hydrazine groups is 1. The van der Waals surface area contributed by atoms with E-state index >= 15 is 0 Å². The number of nitrogens with zero attached hydrogens (tertiary/aromatic N) is 1. The summed E-state index contributed by atoms with van der Waals surface area (Å²) in [7, 11) is -4.02. The number of hydrogen-bond donors (Lipinski definition) is 2. The molecule has 0 atom stereocenters. The van der Waals surface area contributed by atoms with Gasteiger partial charge in [0.25, 0.3) is 5.82 Å². The van der Waals surface area contributed by atoms with Crippen molar-refractivity contribution >= 4 is 24.0 Å². The number of aryl methyl sites for hydroxylation is 1. The number of hydrogen-bond acceptors (Lipinski definition) is 2. The Morgan fingerprint density at radius 3 is 2.17 bits per heavy atom. The maximum absolute atomic E-state index is 9.75. The van der Waals surface area contributed by atoms with Gasteiger partial charge in [0.2, 0.25) is 0 Å². The summed E-state index contributed by atoms with van der Waals surface area (Å²) in [6.07, 6.45) is 0. The molecule has 2 aromatic rings. The third kappa shape index (κ3) is 4.21. The molecule has 0 amide bonds. The Morgan fingerprint density at radius 2 is 1.61 bits per heavy atom. The van der Waals surface area contributed by atoms with Crippen LogP contribution in [0.15, 0.2) is 36.4 Å². The van der Waals surface area contributed by atoms with E-state index in [-0.39, 0.29) is 0 Å². The predicted octanol–water partition coefficient (Wildman–Crippen LogP) is 2.25. The van der Waals surface area contributed by atoms with Gasteiger partial charge < -0.3 is 17.3 Å². The van der Waals surface area contributed by atoms with Crippen LogP contribution in [0, 0.1) is 0 Å². The Kier molecular flexibility index (Phi) is 4.49. The fourth-order valence-corrected chi connectivity index (χ4v) is 1.49. The fourth-order valence-electron chi connectivity index (χ4n) is 1.49. The number of anilines is 1. The molecule has 1 aromatic carbocycles. The summed E-state index contributed by atoms with van der Waals surface area (Å²) < 4.78 is 41.0. The van der Waals surface area contributed by atoms with Gasteiger partial charge >= 0.3 is 7.25 Å². The molecule has 3 nitrogen and oxygen atoms in total. The first-order chi connectivity index (χ1) is 8.33. The molecule has 0 spiro atoms. The summed E-state index contributed by atoms with van der Waals surface area (Å²) in [6.45, 7) is 0. The molecule has 0 fully saturated rings. The molecule has 0 aliphatic rings. The minimum absolute atomic E-state index is 0.902. The van der Waals surface area contributed by atoms with Gasteiger partial charge in [-0.2, -0.15) is 11.3 Å². The smallest absolute Gasteiger partial charge is 0.418 e.